The second kappa shape index (κ2) is 8.41. The first kappa shape index (κ1) is 17.1. The van der Waals surface area contributed by atoms with Gasteiger partial charge in [0.25, 0.3) is 0 Å². The lowest BCUT2D eigenvalue weighted by molar-refractivity contribution is 0.132. The third-order valence-corrected chi connectivity index (χ3v) is 3.51. The van der Waals surface area contributed by atoms with Crippen LogP contribution in [0.3, 0.4) is 0 Å². The highest BCUT2D eigenvalue weighted by Gasteiger charge is 2.10. The number of amides is 1. The summed E-state index contributed by atoms with van der Waals surface area (Å²) in [6.45, 7) is 0.310. The fraction of sp³-hybridized carbons (Fsp3) is 0.235. The molecule has 0 heterocycles. The van der Waals surface area contributed by atoms with Crippen molar-refractivity contribution in [2.45, 2.75) is 12.5 Å². The molecule has 0 unspecified atom stereocenters. The molecule has 4 N–H and O–H groups in total. The Bertz CT molecular complexity index is 647. The van der Waals surface area contributed by atoms with Gasteiger partial charge in [0.15, 0.2) is 0 Å². The molecule has 0 spiro atoms. The summed E-state index contributed by atoms with van der Waals surface area (Å²) in [6.07, 6.45) is -0.801. The van der Waals surface area contributed by atoms with Crippen molar-refractivity contribution in [2.75, 3.05) is 18.9 Å². The number of benzene rings is 2. The third-order valence-electron chi connectivity index (χ3n) is 3.28. The molecule has 0 saturated heterocycles. The number of hydrogen-bond acceptors (Lipinski definition) is 4. The Morgan fingerprint density at radius 3 is 2.70 bits per heavy atom. The molecule has 0 aliphatic rings. The van der Waals surface area contributed by atoms with Crippen molar-refractivity contribution >= 4 is 23.4 Å². The highest BCUT2D eigenvalue weighted by atomic mass is 35.5. The summed E-state index contributed by atoms with van der Waals surface area (Å²) >= 11 is 5.86. The van der Waals surface area contributed by atoms with E-state index < -0.39 is 12.2 Å². The highest BCUT2D eigenvalue weighted by Crippen LogP contribution is 2.17. The molecule has 0 bridgehead atoms. The van der Waals surface area contributed by atoms with E-state index in [2.05, 4.69) is 5.32 Å². The number of rotatable bonds is 6. The van der Waals surface area contributed by atoms with Gasteiger partial charge in [-0.05, 0) is 35.4 Å². The van der Waals surface area contributed by atoms with Crippen LogP contribution in [0.1, 0.15) is 17.2 Å². The van der Waals surface area contributed by atoms with Crippen LogP contribution in [0.25, 0.3) is 0 Å². The minimum Gasteiger partial charge on any atom is -0.449 e. The number of hydrogen-bond donors (Lipinski definition) is 3. The van der Waals surface area contributed by atoms with Gasteiger partial charge in [0.05, 0.1) is 19.3 Å². The summed E-state index contributed by atoms with van der Waals surface area (Å²) in [6, 6.07) is 14.2. The van der Waals surface area contributed by atoms with Crippen LogP contribution in [-0.2, 0) is 11.2 Å². The number of halogens is 1. The van der Waals surface area contributed by atoms with Crippen LogP contribution >= 0.6 is 11.6 Å². The largest absolute Gasteiger partial charge is 0.449 e. The number of anilines is 1. The van der Waals surface area contributed by atoms with Gasteiger partial charge in [0.1, 0.15) is 0 Å². The monoisotopic (exact) mass is 334 g/mol. The normalized spacial score (nSPS) is 11.7. The van der Waals surface area contributed by atoms with E-state index in [9.17, 15) is 9.90 Å². The number of aliphatic hydroxyl groups excluding tert-OH is 1. The van der Waals surface area contributed by atoms with Gasteiger partial charge in [0.2, 0.25) is 0 Å². The van der Waals surface area contributed by atoms with Gasteiger partial charge in [-0.15, -0.1) is 0 Å². The number of aliphatic hydroxyl groups is 1. The molecule has 0 radical (unpaired) electrons. The molecule has 23 heavy (non-hydrogen) atoms. The van der Waals surface area contributed by atoms with E-state index in [1.54, 1.807) is 36.4 Å². The fourth-order valence-electron chi connectivity index (χ4n) is 2.01. The zero-order valence-corrected chi connectivity index (χ0v) is 13.3. The van der Waals surface area contributed by atoms with Gasteiger partial charge < -0.3 is 20.9 Å². The number of carbonyl (C=O) groups excluding carboxylic acids is 1. The van der Waals surface area contributed by atoms with Crippen molar-refractivity contribution in [1.82, 2.24) is 5.32 Å². The molecule has 1 amide bonds. The van der Waals surface area contributed by atoms with E-state index in [0.717, 1.165) is 5.56 Å². The fourth-order valence-corrected chi connectivity index (χ4v) is 2.21. The van der Waals surface area contributed by atoms with Crippen molar-refractivity contribution in [3.05, 3.63) is 64.7 Å². The number of nitrogen functional groups attached to an aromatic ring is 1. The summed E-state index contributed by atoms with van der Waals surface area (Å²) < 4.78 is 5.07. The van der Waals surface area contributed by atoms with E-state index >= 15 is 0 Å². The lowest BCUT2D eigenvalue weighted by Gasteiger charge is -2.12. The summed E-state index contributed by atoms with van der Waals surface area (Å²) in [7, 11) is 0. The molecule has 0 aliphatic carbocycles. The number of alkyl carbamates (subject to hydrolysis) is 1. The van der Waals surface area contributed by atoms with Crippen LogP contribution in [0.2, 0.25) is 5.02 Å². The average Bonchev–Trinajstić information content (AvgIpc) is 2.54. The number of ether oxygens (including phenoxy) is 1. The highest BCUT2D eigenvalue weighted by molar-refractivity contribution is 6.30. The number of nitrogens with two attached hydrogens (primary N) is 1. The maximum absolute atomic E-state index is 11.6. The van der Waals surface area contributed by atoms with Crippen LogP contribution in [-0.4, -0.2) is 24.4 Å². The van der Waals surface area contributed by atoms with Gasteiger partial charge >= 0.3 is 6.09 Å². The zero-order valence-electron chi connectivity index (χ0n) is 12.5. The summed E-state index contributed by atoms with van der Waals surface area (Å²) in [5, 5.41) is 13.0. The Kier molecular flexibility index (Phi) is 6.26. The average molecular weight is 335 g/mol. The van der Waals surface area contributed by atoms with Gasteiger partial charge in [-0.1, -0.05) is 35.9 Å². The molecule has 1 atom stereocenters. The molecule has 0 aliphatic heterocycles. The second-order valence-electron chi connectivity index (χ2n) is 5.08. The van der Waals surface area contributed by atoms with E-state index in [-0.39, 0.29) is 13.2 Å². The van der Waals surface area contributed by atoms with Crippen LogP contribution < -0.4 is 11.1 Å². The Hall–Kier alpha value is -2.24. The van der Waals surface area contributed by atoms with Crippen molar-refractivity contribution in [3.8, 4) is 0 Å². The van der Waals surface area contributed by atoms with Gasteiger partial charge in [-0.2, -0.15) is 0 Å². The second-order valence-corrected chi connectivity index (χ2v) is 5.52. The first-order chi connectivity index (χ1) is 11.0. The third kappa shape index (κ3) is 5.81. The lowest BCUT2D eigenvalue weighted by atomic mass is 10.1. The number of nitrogens with one attached hydrogen (secondary N) is 1. The lowest BCUT2D eigenvalue weighted by Crippen LogP contribution is -2.29. The smallest absolute Gasteiger partial charge is 0.407 e. The Morgan fingerprint density at radius 2 is 2.00 bits per heavy atom. The first-order valence-electron chi connectivity index (χ1n) is 7.23. The molecule has 0 saturated carbocycles. The predicted molar refractivity (Wildman–Crippen MR) is 90.3 cm³/mol. The number of carbonyl (C=O) groups is 1. The standard InChI is InChI=1S/C17H19ClN2O3/c18-14-3-1-2-13(10-14)16(21)11-20-17(22)23-9-8-12-4-6-15(19)7-5-12/h1-7,10,16,21H,8-9,11,19H2,(H,20,22)/t16-/m0/s1. The van der Waals surface area contributed by atoms with Crippen molar-refractivity contribution < 1.29 is 14.6 Å². The summed E-state index contributed by atoms with van der Waals surface area (Å²) in [4.78, 5) is 11.6. The van der Waals surface area contributed by atoms with E-state index in [0.29, 0.717) is 22.7 Å². The minimum atomic E-state index is -0.835. The summed E-state index contributed by atoms with van der Waals surface area (Å²) in [5.74, 6) is 0. The van der Waals surface area contributed by atoms with Crippen LogP contribution in [0, 0.1) is 0 Å². The van der Waals surface area contributed by atoms with Crippen LogP contribution in [0.4, 0.5) is 10.5 Å². The molecule has 2 rings (SSSR count). The molecule has 6 heteroatoms. The molecule has 122 valence electrons. The van der Waals surface area contributed by atoms with Crippen molar-refractivity contribution in [3.63, 3.8) is 0 Å². The Balaban J connectivity index is 1.69. The predicted octanol–water partition coefficient (Wildman–Crippen LogP) is 2.92. The quantitative estimate of drug-likeness (QED) is 0.709. The zero-order chi connectivity index (χ0) is 16.7. The molecule has 5 nitrogen and oxygen atoms in total. The maximum atomic E-state index is 11.6. The van der Waals surface area contributed by atoms with E-state index in [1.165, 1.54) is 0 Å². The van der Waals surface area contributed by atoms with Crippen LogP contribution in [0.5, 0.6) is 0 Å². The van der Waals surface area contributed by atoms with E-state index in [1.807, 2.05) is 12.1 Å². The van der Waals surface area contributed by atoms with Crippen molar-refractivity contribution in [2.24, 2.45) is 0 Å². The Labute approximate surface area is 140 Å². The SMILES string of the molecule is Nc1ccc(CCOC(=O)NC[C@H](O)c2cccc(Cl)c2)cc1. The first-order valence-corrected chi connectivity index (χ1v) is 7.61. The van der Waals surface area contributed by atoms with Gasteiger partial charge in [0, 0.05) is 17.1 Å². The Morgan fingerprint density at radius 1 is 1.26 bits per heavy atom. The molecule has 0 aromatic heterocycles. The minimum absolute atomic E-state index is 0.0566. The van der Waals surface area contributed by atoms with Crippen LogP contribution in [0.15, 0.2) is 48.5 Å². The van der Waals surface area contributed by atoms with Gasteiger partial charge in [-0.25, -0.2) is 4.79 Å². The molecular weight excluding hydrogens is 316 g/mol. The van der Waals surface area contributed by atoms with Crippen molar-refractivity contribution in [1.29, 1.82) is 0 Å². The van der Waals surface area contributed by atoms with E-state index in [4.69, 9.17) is 22.1 Å². The molecular formula is C17H19ClN2O3. The molecule has 0 fully saturated rings. The summed E-state index contributed by atoms with van der Waals surface area (Å²) in [5.41, 5.74) is 7.97. The molecule has 2 aromatic carbocycles. The molecule has 2 aromatic rings. The van der Waals surface area contributed by atoms with Gasteiger partial charge in [-0.3, -0.25) is 0 Å². The topological polar surface area (TPSA) is 84.6 Å². The maximum Gasteiger partial charge on any atom is 0.407 e.